The van der Waals surface area contributed by atoms with E-state index in [1.165, 1.54) is 19.3 Å². The van der Waals surface area contributed by atoms with E-state index < -0.39 is 0 Å². The predicted octanol–water partition coefficient (Wildman–Crippen LogP) is 4.11. The molecule has 3 saturated carbocycles. The molecule has 0 N–H and O–H groups in total. The third-order valence-electron chi connectivity index (χ3n) is 5.10. The van der Waals surface area contributed by atoms with Gasteiger partial charge in [-0.15, -0.1) is 0 Å². The molecule has 80 valence electrons. The quantitative estimate of drug-likeness (QED) is 0.475. The van der Waals surface area contributed by atoms with E-state index in [1.807, 2.05) is 0 Å². The molecule has 0 heterocycles. The zero-order valence-electron chi connectivity index (χ0n) is 9.74. The molecular formula is C15H20. The van der Waals surface area contributed by atoms with E-state index in [1.54, 1.807) is 5.57 Å². The molecular weight excluding hydrogens is 180 g/mol. The molecule has 4 aliphatic carbocycles. The first-order chi connectivity index (χ1) is 7.28. The topological polar surface area (TPSA) is 0 Å². The fourth-order valence-corrected chi connectivity index (χ4v) is 4.21. The summed E-state index contributed by atoms with van der Waals surface area (Å²) in [4.78, 5) is 0. The summed E-state index contributed by atoms with van der Waals surface area (Å²) >= 11 is 0. The lowest BCUT2D eigenvalue weighted by atomic mass is 9.54. The SMILES string of the molecule is CC=CC=CCC1=CC2CC13CC2C3C. The van der Waals surface area contributed by atoms with E-state index in [4.69, 9.17) is 0 Å². The Balaban J connectivity index is 1.72. The fourth-order valence-electron chi connectivity index (χ4n) is 4.21. The predicted molar refractivity (Wildman–Crippen MR) is 64.5 cm³/mol. The summed E-state index contributed by atoms with van der Waals surface area (Å²) in [6.45, 7) is 4.54. The summed E-state index contributed by atoms with van der Waals surface area (Å²) in [5, 5.41) is 0. The van der Waals surface area contributed by atoms with Gasteiger partial charge in [0.15, 0.2) is 0 Å². The molecule has 0 amide bonds. The van der Waals surface area contributed by atoms with Gasteiger partial charge in [0.25, 0.3) is 0 Å². The maximum atomic E-state index is 2.59. The van der Waals surface area contributed by atoms with Gasteiger partial charge in [0.05, 0.1) is 0 Å². The van der Waals surface area contributed by atoms with Gasteiger partial charge in [-0.1, -0.05) is 42.9 Å². The van der Waals surface area contributed by atoms with E-state index >= 15 is 0 Å². The lowest BCUT2D eigenvalue weighted by molar-refractivity contribution is 0.0679. The molecule has 4 rings (SSSR count). The molecule has 0 saturated heterocycles. The Labute approximate surface area is 92.8 Å². The molecule has 3 fully saturated rings. The third-order valence-corrected chi connectivity index (χ3v) is 5.10. The molecule has 4 unspecified atom stereocenters. The molecule has 15 heavy (non-hydrogen) atoms. The van der Waals surface area contributed by atoms with E-state index in [9.17, 15) is 0 Å². The molecule has 4 atom stereocenters. The van der Waals surface area contributed by atoms with Crippen LogP contribution < -0.4 is 0 Å². The molecule has 0 radical (unpaired) electrons. The molecule has 0 aliphatic heterocycles. The second kappa shape index (κ2) is 3.10. The van der Waals surface area contributed by atoms with Crippen molar-refractivity contribution in [3.63, 3.8) is 0 Å². The van der Waals surface area contributed by atoms with E-state index in [-0.39, 0.29) is 0 Å². The van der Waals surface area contributed by atoms with Crippen LogP contribution in [-0.4, -0.2) is 0 Å². The summed E-state index contributed by atoms with van der Waals surface area (Å²) in [5.41, 5.74) is 2.42. The average Bonchev–Trinajstić information content (AvgIpc) is 2.87. The highest BCUT2D eigenvalue weighted by Gasteiger charge is 2.65. The lowest BCUT2D eigenvalue weighted by Crippen LogP contribution is -2.42. The minimum absolute atomic E-state index is 0.662. The van der Waals surface area contributed by atoms with Gasteiger partial charge in [0, 0.05) is 0 Å². The Hall–Kier alpha value is -0.780. The molecule has 0 aromatic heterocycles. The zero-order valence-corrected chi connectivity index (χ0v) is 9.74. The Morgan fingerprint density at radius 3 is 2.87 bits per heavy atom. The van der Waals surface area contributed by atoms with Crippen LogP contribution in [0.2, 0.25) is 0 Å². The van der Waals surface area contributed by atoms with Crippen LogP contribution in [0.15, 0.2) is 36.0 Å². The van der Waals surface area contributed by atoms with E-state index in [2.05, 4.69) is 44.2 Å². The van der Waals surface area contributed by atoms with Crippen molar-refractivity contribution in [1.29, 1.82) is 0 Å². The lowest BCUT2D eigenvalue weighted by Gasteiger charge is -2.50. The van der Waals surface area contributed by atoms with Crippen LogP contribution in [-0.2, 0) is 0 Å². The molecule has 0 nitrogen and oxygen atoms in total. The zero-order chi connectivity index (χ0) is 10.5. The Kier molecular flexibility index (Phi) is 1.95. The standard InChI is InChI=1S/C15H20/c1-3-4-5-6-7-13-8-12-9-15(13)10-14(12)11(15)2/h3-6,8,11-12,14H,7,9-10H2,1-2H3. The third kappa shape index (κ3) is 1.08. The van der Waals surface area contributed by atoms with Crippen LogP contribution in [0.5, 0.6) is 0 Å². The summed E-state index contributed by atoms with van der Waals surface area (Å²) in [7, 11) is 0. The van der Waals surface area contributed by atoms with Crippen molar-refractivity contribution in [3.8, 4) is 0 Å². The normalized spacial score (nSPS) is 46.5. The van der Waals surface area contributed by atoms with Crippen LogP contribution in [0.1, 0.15) is 33.1 Å². The second-order valence-electron chi connectivity index (χ2n) is 5.53. The number of allylic oxidation sites excluding steroid dienone is 6. The minimum Gasteiger partial charge on any atom is -0.0877 e. The van der Waals surface area contributed by atoms with Crippen molar-refractivity contribution in [1.82, 2.24) is 0 Å². The van der Waals surface area contributed by atoms with E-state index in [0.29, 0.717) is 5.41 Å². The number of hydrogen-bond acceptors (Lipinski definition) is 0. The van der Waals surface area contributed by atoms with Gasteiger partial charge in [0.2, 0.25) is 0 Å². The summed E-state index contributed by atoms with van der Waals surface area (Å²) in [6.07, 6.45) is 15.5. The van der Waals surface area contributed by atoms with Gasteiger partial charge in [0.1, 0.15) is 0 Å². The Morgan fingerprint density at radius 1 is 1.40 bits per heavy atom. The van der Waals surface area contributed by atoms with Gasteiger partial charge in [-0.25, -0.2) is 0 Å². The summed E-state index contributed by atoms with van der Waals surface area (Å²) < 4.78 is 0. The molecule has 1 spiro atoms. The Morgan fingerprint density at radius 2 is 2.27 bits per heavy atom. The number of hydrogen-bond donors (Lipinski definition) is 0. The van der Waals surface area contributed by atoms with Gasteiger partial charge in [-0.2, -0.15) is 0 Å². The minimum atomic E-state index is 0.662. The molecule has 4 aliphatic rings. The van der Waals surface area contributed by atoms with Crippen molar-refractivity contribution in [3.05, 3.63) is 36.0 Å². The first kappa shape index (κ1) is 9.45. The van der Waals surface area contributed by atoms with Crippen LogP contribution >= 0.6 is 0 Å². The molecule has 0 heteroatoms. The largest absolute Gasteiger partial charge is 0.0877 e. The van der Waals surface area contributed by atoms with Crippen LogP contribution in [0.25, 0.3) is 0 Å². The van der Waals surface area contributed by atoms with Gasteiger partial charge < -0.3 is 0 Å². The first-order valence-corrected chi connectivity index (χ1v) is 6.27. The van der Waals surface area contributed by atoms with Crippen molar-refractivity contribution in [2.24, 2.45) is 23.2 Å². The second-order valence-corrected chi connectivity index (χ2v) is 5.53. The maximum Gasteiger partial charge on any atom is -0.00478 e. The average molecular weight is 200 g/mol. The highest BCUT2D eigenvalue weighted by atomic mass is 14.7. The summed E-state index contributed by atoms with van der Waals surface area (Å²) in [6, 6.07) is 0. The summed E-state index contributed by atoms with van der Waals surface area (Å²) in [5.74, 6) is 2.98. The van der Waals surface area contributed by atoms with Gasteiger partial charge in [-0.3, -0.25) is 0 Å². The van der Waals surface area contributed by atoms with Gasteiger partial charge in [-0.05, 0) is 49.4 Å². The highest BCUT2D eigenvalue weighted by Crippen LogP contribution is 2.73. The van der Waals surface area contributed by atoms with Crippen molar-refractivity contribution < 1.29 is 0 Å². The molecule has 3 bridgehead atoms. The molecule has 0 aromatic rings. The van der Waals surface area contributed by atoms with Crippen molar-refractivity contribution in [2.75, 3.05) is 0 Å². The van der Waals surface area contributed by atoms with Crippen LogP contribution in [0, 0.1) is 23.2 Å². The monoisotopic (exact) mass is 200 g/mol. The Bertz CT molecular complexity index is 358. The van der Waals surface area contributed by atoms with Crippen LogP contribution in [0.4, 0.5) is 0 Å². The van der Waals surface area contributed by atoms with Crippen LogP contribution in [0.3, 0.4) is 0 Å². The van der Waals surface area contributed by atoms with Gasteiger partial charge >= 0.3 is 0 Å². The van der Waals surface area contributed by atoms with Crippen molar-refractivity contribution in [2.45, 2.75) is 33.1 Å². The first-order valence-electron chi connectivity index (χ1n) is 6.27. The van der Waals surface area contributed by atoms with Crippen molar-refractivity contribution >= 4 is 0 Å². The highest BCUT2D eigenvalue weighted by molar-refractivity contribution is 5.38. The number of rotatable bonds is 3. The molecule has 0 aromatic carbocycles. The van der Waals surface area contributed by atoms with E-state index in [0.717, 1.165) is 17.8 Å². The fraction of sp³-hybridized carbons (Fsp3) is 0.600. The smallest absolute Gasteiger partial charge is 0.00478 e. The maximum absolute atomic E-state index is 2.59.